The van der Waals surface area contributed by atoms with Crippen LogP contribution in [0.15, 0.2) is 49.2 Å². The van der Waals surface area contributed by atoms with E-state index < -0.39 is 0 Å². The third-order valence-electron chi connectivity index (χ3n) is 4.55. The summed E-state index contributed by atoms with van der Waals surface area (Å²) in [5, 5.41) is 9.94. The van der Waals surface area contributed by atoms with Gasteiger partial charge in [-0.3, -0.25) is 9.97 Å². The van der Waals surface area contributed by atoms with Crippen LogP contribution in [0.2, 0.25) is 0 Å². The first-order valence-corrected chi connectivity index (χ1v) is 8.75. The van der Waals surface area contributed by atoms with E-state index in [9.17, 15) is 4.79 Å². The molecule has 3 aromatic rings. The molecule has 2 N–H and O–H groups in total. The number of carbonyl (C=O) groups excluding carboxylic acids is 1. The second-order valence-electron chi connectivity index (χ2n) is 6.29. The van der Waals surface area contributed by atoms with Gasteiger partial charge in [0, 0.05) is 18.6 Å². The Morgan fingerprint density at radius 2 is 1.96 bits per heavy atom. The first kappa shape index (κ1) is 16.3. The molecule has 1 aliphatic rings. The van der Waals surface area contributed by atoms with E-state index >= 15 is 0 Å². The average molecular weight is 348 g/mol. The summed E-state index contributed by atoms with van der Waals surface area (Å²) in [4.78, 5) is 20.6. The molecule has 0 spiro atoms. The maximum atomic E-state index is 12.2. The molecule has 7 nitrogen and oxygen atoms in total. The highest BCUT2D eigenvalue weighted by atomic mass is 16.2. The smallest absolute Gasteiger partial charge is 0.319 e. The molecule has 2 amide bonds. The standard InChI is InChI=1S/C19H20N6O/c26-19(22-12-18-17-4-2-1-3-14(17)5-10-21-18)24-15-11-23-25(13-15)16-6-8-20-9-7-16/h5-11,13H,1-4,12H2,(H2,22,24,26). The molecule has 0 radical (unpaired) electrons. The molecule has 3 heterocycles. The molecule has 3 aromatic heterocycles. The summed E-state index contributed by atoms with van der Waals surface area (Å²) in [7, 11) is 0. The maximum absolute atomic E-state index is 12.2. The minimum Gasteiger partial charge on any atom is -0.332 e. The van der Waals surface area contributed by atoms with Crippen molar-refractivity contribution in [2.75, 3.05) is 5.32 Å². The van der Waals surface area contributed by atoms with Crippen molar-refractivity contribution in [2.24, 2.45) is 0 Å². The second kappa shape index (κ2) is 7.35. The molecule has 0 bridgehead atoms. The fourth-order valence-corrected chi connectivity index (χ4v) is 3.25. The normalized spacial score (nSPS) is 13.1. The minimum absolute atomic E-state index is 0.269. The topological polar surface area (TPSA) is 84.7 Å². The predicted molar refractivity (Wildman–Crippen MR) is 98.1 cm³/mol. The Morgan fingerprint density at radius 1 is 1.12 bits per heavy atom. The molecule has 0 saturated heterocycles. The summed E-state index contributed by atoms with van der Waals surface area (Å²) in [5.74, 6) is 0. The summed E-state index contributed by atoms with van der Waals surface area (Å²) < 4.78 is 1.69. The van der Waals surface area contributed by atoms with Crippen molar-refractivity contribution in [2.45, 2.75) is 32.2 Å². The summed E-state index contributed by atoms with van der Waals surface area (Å²) in [6.07, 6.45) is 13.2. The summed E-state index contributed by atoms with van der Waals surface area (Å²) in [6.45, 7) is 0.424. The molecule has 0 aromatic carbocycles. The molecule has 4 rings (SSSR count). The number of pyridine rings is 2. The number of aromatic nitrogens is 4. The minimum atomic E-state index is -0.269. The molecular formula is C19H20N6O. The highest BCUT2D eigenvalue weighted by molar-refractivity contribution is 5.88. The molecule has 0 fully saturated rings. The number of carbonyl (C=O) groups is 1. The van der Waals surface area contributed by atoms with Gasteiger partial charge in [-0.25, -0.2) is 9.48 Å². The molecule has 26 heavy (non-hydrogen) atoms. The highest BCUT2D eigenvalue weighted by Crippen LogP contribution is 2.22. The van der Waals surface area contributed by atoms with Gasteiger partial charge in [0.2, 0.25) is 0 Å². The van der Waals surface area contributed by atoms with Crippen LogP contribution in [0.25, 0.3) is 5.69 Å². The van der Waals surface area contributed by atoms with Gasteiger partial charge in [0.25, 0.3) is 0 Å². The number of anilines is 1. The van der Waals surface area contributed by atoms with Crippen molar-refractivity contribution < 1.29 is 4.79 Å². The molecule has 0 unspecified atom stereocenters. The molecule has 0 aliphatic heterocycles. The zero-order valence-electron chi connectivity index (χ0n) is 14.4. The fraction of sp³-hybridized carbons (Fsp3) is 0.263. The molecule has 7 heteroatoms. The van der Waals surface area contributed by atoms with Gasteiger partial charge in [-0.2, -0.15) is 5.10 Å². The lowest BCUT2D eigenvalue weighted by Crippen LogP contribution is -2.29. The number of aryl methyl sites for hydroxylation is 1. The Bertz CT molecular complexity index is 905. The van der Waals surface area contributed by atoms with Crippen LogP contribution in [0.5, 0.6) is 0 Å². The summed E-state index contributed by atoms with van der Waals surface area (Å²) in [5.41, 5.74) is 5.13. The van der Waals surface area contributed by atoms with Crippen molar-refractivity contribution in [3.63, 3.8) is 0 Å². The van der Waals surface area contributed by atoms with E-state index in [4.69, 9.17) is 0 Å². The SMILES string of the molecule is O=C(NCc1nccc2c1CCCC2)Nc1cnn(-c2ccncc2)c1. The predicted octanol–water partition coefficient (Wildman–Crippen LogP) is 2.86. The quantitative estimate of drug-likeness (QED) is 0.759. The Labute approximate surface area is 151 Å². The first-order chi connectivity index (χ1) is 12.8. The largest absolute Gasteiger partial charge is 0.332 e. The number of nitrogens with one attached hydrogen (secondary N) is 2. The molecule has 0 atom stereocenters. The van der Waals surface area contributed by atoms with Crippen LogP contribution in [0.1, 0.15) is 29.7 Å². The van der Waals surface area contributed by atoms with E-state index in [1.165, 1.54) is 24.0 Å². The number of rotatable bonds is 4. The number of hydrogen-bond donors (Lipinski definition) is 2. The lowest BCUT2D eigenvalue weighted by atomic mass is 9.91. The zero-order valence-corrected chi connectivity index (χ0v) is 14.4. The second-order valence-corrected chi connectivity index (χ2v) is 6.29. The van der Waals surface area contributed by atoms with Gasteiger partial charge in [0.15, 0.2) is 0 Å². The first-order valence-electron chi connectivity index (χ1n) is 8.75. The van der Waals surface area contributed by atoms with Crippen molar-refractivity contribution in [1.82, 2.24) is 25.1 Å². The van der Waals surface area contributed by atoms with Crippen LogP contribution in [0, 0.1) is 0 Å². The Hall–Kier alpha value is -3.22. The lowest BCUT2D eigenvalue weighted by molar-refractivity contribution is 0.251. The van der Waals surface area contributed by atoms with Crippen molar-refractivity contribution in [3.8, 4) is 5.69 Å². The lowest BCUT2D eigenvalue weighted by Gasteiger charge is -2.18. The van der Waals surface area contributed by atoms with Gasteiger partial charge in [-0.1, -0.05) is 0 Å². The number of hydrogen-bond acceptors (Lipinski definition) is 4. The maximum Gasteiger partial charge on any atom is 0.319 e. The van der Waals surface area contributed by atoms with E-state index in [0.717, 1.165) is 24.2 Å². The third kappa shape index (κ3) is 3.56. The highest BCUT2D eigenvalue weighted by Gasteiger charge is 2.14. The van der Waals surface area contributed by atoms with E-state index in [2.05, 4.69) is 31.8 Å². The van der Waals surface area contributed by atoms with E-state index in [1.54, 1.807) is 29.5 Å². The molecule has 132 valence electrons. The number of amides is 2. The van der Waals surface area contributed by atoms with Crippen LogP contribution in [-0.4, -0.2) is 25.8 Å². The van der Waals surface area contributed by atoms with Gasteiger partial charge >= 0.3 is 6.03 Å². The Kier molecular flexibility index (Phi) is 4.59. The van der Waals surface area contributed by atoms with Crippen molar-refractivity contribution in [3.05, 3.63) is 66.0 Å². The zero-order chi connectivity index (χ0) is 17.8. The van der Waals surface area contributed by atoms with Gasteiger partial charge in [-0.05, 0) is 55.0 Å². The van der Waals surface area contributed by atoms with E-state index in [1.807, 2.05) is 18.3 Å². The number of fused-ring (bicyclic) bond motifs is 1. The van der Waals surface area contributed by atoms with Crippen molar-refractivity contribution in [1.29, 1.82) is 0 Å². The molecule has 0 saturated carbocycles. The van der Waals surface area contributed by atoms with Crippen molar-refractivity contribution >= 4 is 11.7 Å². The van der Waals surface area contributed by atoms with Crippen LogP contribution in [0.3, 0.4) is 0 Å². The fourth-order valence-electron chi connectivity index (χ4n) is 3.25. The Morgan fingerprint density at radius 3 is 2.85 bits per heavy atom. The third-order valence-corrected chi connectivity index (χ3v) is 4.55. The molecule has 1 aliphatic carbocycles. The van der Waals surface area contributed by atoms with Crippen LogP contribution in [-0.2, 0) is 19.4 Å². The average Bonchev–Trinajstić information content (AvgIpc) is 3.15. The number of nitrogens with zero attached hydrogens (tertiary/aromatic N) is 4. The van der Waals surface area contributed by atoms with E-state index in [-0.39, 0.29) is 6.03 Å². The van der Waals surface area contributed by atoms with E-state index in [0.29, 0.717) is 12.2 Å². The Balaban J connectivity index is 1.37. The van der Waals surface area contributed by atoms with Gasteiger partial charge in [0.1, 0.15) is 0 Å². The van der Waals surface area contributed by atoms with Gasteiger partial charge < -0.3 is 10.6 Å². The monoisotopic (exact) mass is 348 g/mol. The molecular weight excluding hydrogens is 328 g/mol. The van der Waals surface area contributed by atoms with Crippen LogP contribution >= 0.6 is 0 Å². The van der Waals surface area contributed by atoms with Gasteiger partial charge in [-0.15, -0.1) is 0 Å². The summed E-state index contributed by atoms with van der Waals surface area (Å²) in [6, 6.07) is 5.52. The van der Waals surface area contributed by atoms with Crippen LogP contribution in [0.4, 0.5) is 10.5 Å². The van der Waals surface area contributed by atoms with Crippen LogP contribution < -0.4 is 10.6 Å². The number of urea groups is 1. The van der Waals surface area contributed by atoms with Gasteiger partial charge in [0.05, 0.1) is 36.0 Å². The summed E-state index contributed by atoms with van der Waals surface area (Å²) >= 11 is 0.